The molecule has 8 heteroatoms. The highest BCUT2D eigenvalue weighted by Crippen LogP contribution is 2.25. The molecule has 0 saturated carbocycles. The average molecular weight is 391 g/mol. The number of benzene rings is 2. The number of ether oxygens (including phenoxy) is 2. The molecule has 0 bridgehead atoms. The molecule has 138 valence electrons. The predicted octanol–water partition coefficient (Wildman–Crippen LogP) is 3.58. The van der Waals surface area contributed by atoms with Gasteiger partial charge in [-0.2, -0.15) is 0 Å². The lowest BCUT2D eigenvalue weighted by Crippen LogP contribution is -2.36. The fourth-order valence-corrected chi connectivity index (χ4v) is 2.92. The van der Waals surface area contributed by atoms with E-state index in [1.165, 1.54) is 11.0 Å². The Bertz CT molecular complexity index is 940. The predicted molar refractivity (Wildman–Crippen MR) is 94.9 cm³/mol. The number of amides is 1. The van der Waals surface area contributed by atoms with Gasteiger partial charge in [0.05, 0.1) is 0 Å². The van der Waals surface area contributed by atoms with Crippen molar-refractivity contribution in [2.75, 3.05) is 13.3 Å². The zero-order chi connectivity index (χ0) is 19.0. The molecule has 1 amide bonds. The summed E-state index contributed by atoms with van der Waals surface area (Å²) in [4.78, 5) is 18.1. The van der Waals surface area contributed by atoms with Gasteiger partial charge in [0.25, 0.3) is 5.91 Å². The summed E-state index contributed by atoms with van der Waals surface area (Å²) in [5.74, 6) is -1.95. The second-order valence-corrected chi connectivity index (χ2v) is 6.37. The quantitative estimate of drug-likeness (QED) is 0.753. The number of carbonyl (C=O) groups excluding carboxylic acids is 1. The lowest BCUT2D eigenvalue weighted by molar-refractivity contribution is -0.126. The van der Waals surface area contributed by atoms with Crippen molar-refractivity contribution >= 4 is 29.5 Å². The van der Waals surface area contributed by atoms with Crippen LogP contribution >= 0.6 is 11.6 Å². The van der Waals surface area contributed by atoms with Gasteiger partial charge in [-0.05, 0) is 35.9 Å². The third-order valence-electron chi connectivity index (χ3n) is 4.17. The first-order chi connectivity index (χ1) is 13.0. The molecule has 2 aliphatic rings. The minimum atomic E-state index is -0.776. The van der Waals surface area contributed by atoms with Crippen molar-refractivity contribution in [1.82, 2.24) is 4.90 Å². The molecule has 4 rings (SSSR count). The second kappa shape index (κ2) is 7.00. The molecule has 1 saturated heterocycles. The first kappa shape index (κ1) is 17.5. The molecule has 2 aromatic rings. The van der Waals surface area contributed by atoms with Gasteiger partial charge < -0.3 is 9.47 Å². The standard InChI is InChI=1S/C19H13ClF2N2O3/c20-12-6-4-11(5-7-12)8-15-19(25)24(10-27-15)16-9-26-18(23-16)17-13(21)2-1-3-14(17)22/h1-8,16H,9-10H2/b15-8+. The van der Waals surface area contributed by atoms with E-state index >= 15 is 0 Å². The van der Waals surface area contributed by atoms with Crippen molar-refractivity contribution in [3.8, 4) is 0 Å². The lowest BCUT2D eigenvalue weighted by Gasteiger charge is -2.15. The zero-order valence-corrected chi connectivity index (χ0v) is 14.6. The maximum absolute atomic E-state index is 13.9. The summed E-state index contributed by atoms with van der Waals surface area (Å²) in [6.45, 7) is -0.0325. The van der Waals surface area contributed by atoms with Crippen molar-refractivity contribution in [3.63, 3.8) is 0 Å². The van der Waals surface area contributed by atoms with Gasteiger partial charge in [0, 0.05) is 5.02 Å². The third-order valence-corrected chi connectivity index (χ3v) is 4.42. The number of halogens is 3. The van der Waals surface area contributed by atoms with E-state index in [4.69, 9.17) is 21.1 Å². The van der Waals surface area contributed by atoms with Crippen molar-refractivity contribution in [3.05, 3.63) is 76.0 Å². The number of hydrogen-bond donors (Lipinski definition) is 0. The normalized spacial score (nSPS) is 20.6. The van der Waals surface area contributed by atoms with Crippen molar-refractivity contribution in [2.45, 2.75) is 6.17 Å². The van der Waals surface area contributed by atoms with E-state index < -0.39 is 17.8 Å². The summed E-state index contributed by atoms with van der Waals surface area (Å²) in [5, 5.41) is 0.586. The molecular formula is C19H13ClF2N2O3. The van der Waals surface area contributed by atoms with E-state index in [-0.39, 0.29) is 36.5 Å². The van der Waals surface area contributed by atoms with Gasteiger partial charge in [-0.1, -0.05) is 29.8 Å². The van der Waals surface area contributed by atoms with E-state index in [0.29, 0.717) is 5.02 Å². The maximum atomic E-state index is 13.9. The smallest absolute Gasteiger partial charge is 0.293 e. The summed E-state index contributed by atoms with van der Waals surface area (Å²) < 4.78 is 38.6. The summed E-state index contributed by atoms with van der Waals surface area (Å²) >= 11 is 5.84. The Balaban J connectivity index is 1.54. The van der Waals surface area contributed by atoms with Crippen LogP contribution in [0.4, 0.5) is 8.78 Å². The molecule has 1 atom stereocenters. The topological polar surface area (TPSA) is 51.1 Å². The van der Waals surface area contributed by atoms with Gasteiger partial charge >= 0.3 is 0 Å². The number of rotatable bonds is 3. The third kappa shape index (κ3) is 3.38. The van der Waals surface area contributed by atoms with Crippen LogP contribution in [-0.2, 0) is 14.3 Å². The minimum absolute atomic E-state index is 0.00751. The monoisotopic (exact) mass is 390 g/mol. The highest BCUT2D eigenvalue weighted by Gasteiger charge is 2.37. The molecule has 27 heavy (non-hydrogen) atoms. The number of aliphatic imine (C=N–C) groups is 1. The SMILES string of the molecule is O=C1/C(=C\c2ccc(Cl)cc2)OCN1C1COC(c2c(F)cccc2F)=N1. The Labute approximate surface area is 158 Å². The van der Waals surface area contributed by atoms with Gasteiger partial charge in [0.15, 0.2) is 18.7 Å². The van der Waals surface area contributed by atoms with Crippen molar-refractivity contribution in [2.24, 2.45) is 4.99 Å². The minimum Gasteiger partial charge on any atom is -0.473 e. The molecular weight excluding hydrogens is 378 g/mol. The summed E-state index contributed by atoms with van der Waals surface area (Å²) in [6.07, 6.45) is 0.873. The molecule has 2 heterocycles. The van der Waals surface area contributed by atoms with Crippen LogP contribution in [0.15, 0.2) is 53.2 Å². The molecule has 1 fully saturated rings. The van der Waals surface area contributed by atoms with E-state index in [9.17, 15) is 13.6 Å². The van der Waals surface area contributed by atoms with E-state index in [1.54, 1.807) is 30.3 Å². The number of nitrogens with zero attached hydrogens (tertiary/aromatic N) is 2. The van der Waals surface area contributed by atoms with Gasteiger partial charge in [0.1, 0.15) is 23.8 Å². The molecule has 2 aliphatic heterocycles. The fourth-order valence-electron chi connectivity index (χ4n) is 2.80. The van der Waals surface area contributed by atoms with Crippen LogP contribution < -0.4 is 0 Å². The van der Waals surface area contributed by atoms with E-state index in [1.807, 2.05) is 0 Å². The van der Waals surface area contributed by atoms with Crippen molar-refractivity contribution < 1.29 is 23.0 Å². The van der Waals surface area contributed by atoms with Crippen LogP contribution in [0.2, 0.25) is 5.02 Å². The Morgan fingerprint density at radius 3 is 2.52 bits per heavy atom. The van der Waals surface area contributed by atoms with Gasteiger partial charge in [-0.3, -0.25) is 9.69 Å². The molecule has 0 radical (unpaired) electrons. The Hall–Kier alpha value is -2.93. The second-order valence-electron chi connectivity index (χ2n) is 5.93. The highest BCUT2D eigenvalue weighted by molar-refractivity contribution is 6.30. The van der Waals surface area contributed by atoms with Gasteiger partial charge in [0.2, 0.25) is 5.90 Å². The van der Waals surface area contributed by atoms with Crippen LogP contribution in [0.3, 0.4) is 0 Å². The van der Waals surface area contributed by atoms with E-state index in [0.717, 1.165) is 17.7 Å². The molecule has 0 aliphatic carbocycles. The Morgan fingerprint density at radius 1 is 1.11 bits per heavy atom. The Morgan fingerprint density at radius 2 is 1.81 bits per heavy atom. The maximum Gasteiger partial charge on any atom is 0.293 e. The van der Waals surface area contributed by atoms with Crippen LogP contribution in [0.25, 0.3) is 6.08 Å². The average Bonchev–Trinajstić information content (AvgIpc) is 3.24. The van der Waals surface area contributed by atoms with Crippen LogP contribution in [0, 0.1) is 11.6 Å². The summed E-state index contributed by atoms with van der Waals surface area (Å²) in [6, 6.07) is 10.4. The lowest BCUT2D eigenvalue weighted by atomic mass is 10.2. The Kier molecular flexibility index (Phi) is 4.53. The zero-order valence-electron chi connectivity index (χ0n) is 13.9. The molecule has 2 aromatic carbocycles. The van der Waals surface area contributed by atoms with Gasteiger partial charge in [-0.15, -0.1) is 0 Å². The highest BCUT2D eigenvalue weighted by atomic mass is 35.5. The molecule has 0 aromatic heterocycles. The molecule has 0 N–H and O–H groups in total. The van der Waals surface area contributed by atoms with Crippen LogP contribution in [-0.4, -0.2) is 36.2 Å². The van der Waals surface area contributed by atoms with Crippen molar-refractivity contribution in [1.29, 1.82) is 0 Å². The summed E-state index contributed by atoms with van der Waals surface area (Å²) in [5.41, 5.74) is 0.411. The first-order valence-electron chi connectivity index (χ1n) is 8.09. The molecule has 5 nitrogen and oxygen atoms in total. The van der Waals surface area contributed by atoms with E-state index in [2.05, 4.69) is 4.99 Å². The molecule has 1 unspecified atom stereocenters. The number of hydrogen-bond acceptors (Lipinski definition) is 4. The first-order valence-corrected chi connectivity index (χ1v) is 8.47. The van der Waals surface area contributed by atoms with Crippen LogP contribution in [0.1, 0.15) is 11.1 Å². The van der Waals surface area contributed by atoms with Crippen LogP contribution in [0.5, 0.6) is 0 Å². The number of carbonyl (C=O) groups is 1. The largest absolute Gasteiger partial charge is 0.473 e. The fraction of sp³-hybridized carbons (Fsp3) is 0.158. The molecule has 0 spiro atoms. The summed E-state index contributed by atoms with van der Waals surface area (Å²) in [7, 11) is 0. The van der Waals surface area contributed by atoms with Gasteiger partial charge in [-0.25, -0.2) is 13.8 Å².